The molecule has 1 saturated carbocycles. The summed E-state index contributed by atoms with van der Waals surface area (Å²) >= 11 is 0. The SMILES string of the molecule is NC(=O)c1cc(N)ccc1CCC1CC1. The van der Waals surface area contributed by atoms with Gasteiger partial charge in [0.15, 0.2) is 0 Å². The maximum Gasteiger partial charge on any atom is 0.249 e. The van der Waals surface area contributed by atoms with Gasteiger partial charge in [0.2, 0.25) is 5.91 Å². The Morgan fingerprint density at radius 3 is 2.73 bits per heavy atom. The molecule has 0 aliphatic heterocycles. The predicted octanol–water partition coefficient (Wildman–Crippen LogP) is 1.71. The first-order chi connectivity index (χ1) is 7.16. The van der Waals surface area contributed by atoms with Crippen LogP contribution in [0.5, 0.6) is 0 Å². The lowest BCUT2D eigenvalue weighted by Crippen LogP contribution is -2.14. The summed E-state index contributed by atoms with van der Waals surface area (Å²) in [4.78, 5) is 11.2. The van der Waals surface area contributed by atoms with E-state index in [2.05, 4.69) is 0 Å². The lowest BCUT2D eigenvalue weighted by molar-refractivity contribution is 0.0999. The van der Waals surface area contributed by atoms with Crippen LogP contribution >= 0.6 is 0 Å². The monoisotopic (exact) mass is 204 g/mol. The van der Waals surface area contributed by atoms with Crippen LogP contribution in [-0.4, -0.2) is 5.91 Å². The topological polar surface area (TPSA) is 69.1 Å². The molecular weight excluding hydrogens is 188 g/mol. The Hall–Kier alpha value is -1.51. The molecule has 0 unspecified atom stereocenters. The first kappa shape index (κ1) is 10.0. The average Bonchev–Trinajstić information content (AvgIpc) is 2.99. The Morgan fingerprint density at radius 2 is 2.13 bits per heavy atom. The summed E-state index contributed by atoms with van der Waals surface area (Å²) in [6.07, 6.45) is 4.76. The Kier molecular flexibility index (Phi) is 2.62. The highest BCUT2D eigenvalue weighted by atomic mass is 16.1. The van der Waals surface area contributed by atoms with Crippen molar-refractivity contribution in [1.82, 2.24) is 0 Å². The quantitative estimate of drug-likeness (QED) is 0.733. The number of aryl methyl sites for hydroxylation is 1. The minimum Gasteiger partial charge on any atom is -0.399 e. The molecule has 1 fully saturated rings. The van der Waals surface area contributed by atoms with Crippen molar-refractivity contribution in [2.45, 2.75) is 25.7 Å². The number of carbonyl (C=O) groups excluding carboxylic acids is 1. The van der Waals surface area contributed by atoms with Crippen molar-refractivity contribution >= 4 is 11.6 Å². The molecule has 1 aromatic rings. The zero-order valence-corrected chi connectivity index (χ0v) is 8.70. The molecular formula is C12H16N2O. The molecule has 1 aliphatic carbocycles. The fourth-order valence-electron chi connectivity index (χ4n) is 1.81. The highest BCUT2D eigenvalue weighted by molar-refractivity contribution is 5.95. The van der Waals surface area contributed by atoms with Gasteiger partial charge in [0.25, 0.3) is 0 Å². The summed E-state index contributed by atoms with van der Waals surface area (Å²) in [7, 11) is 0. The fraction of sp³-hybridized carbons (Fsp3) is 0.417. The van der Waals surface area contributed by atoms with Crippen molar-refractivity contribution in [2.75, 3.05) is 5.73 Å². The predicted molar refractivity (Wildman–Crippen MR) is 60.4 cm³/mol. The molecule has 0 spiro atoms. The number of rotatable bonds is 4. The molecule has 3 nitrogen and oxygen atoms in total. The Bertz CT molecular complexity index is 383. The van der Waals surface area contributed by atoms with Crippen molar-refractivity contribution in [3.8, 4) is 0 Å². The largest absolute Gasteiger partial charge is 0.399 e. The van der Waals surface area contributed by atoms with Crippen molar-refractivity contribution in [3.63, 3.8) is 0 Å². The Morgan fingerprint density at radius 1 is 1.40 bits per heavy atom. The molecule has 15 heavy (non-hydrogen) atoms. The van der Waals surface area contributed by atoms with E-state index in [9.17, 15) is 4.79 Å². The van der Waals surface area contributed by atoms with Crippen LogP contribution in [0.25, 0.3) is 0 Å². The van der Waals surface area contributed by atoms with Crippen LogP contribution in [0, 0.1) is 5.92 Å². The van der Waals surface area contributed by atoms with Gasteiger partial charge >= 0.3 is 0 Å². The summed E-state index contributed by atoms with van der Waals surface area (Å²) < 4.78 is 0. The number of nitrogens with two attached hydrogens (primary N) is 2. The number of nitrogen functional groups attached to an aromatic ring is 1. The molecule has 0 aromatic heterocycles. The third kappa shape index (κ3) is 2.49. The van der Waals surface area contributed by atoms with E-state index < -0.39 is 0 Å². The molecule has 1 aromatic carbocycles. The second-order valence-corrected chi connectivity index (χ2v) is 4.26. The first-order valence-electron chi connectivity index (χ1n) is 5.35. The van der Waals surface area contributed by atoms with E-state index in [0.29, 0.717) is 11.3 Å². The minimum absolute atomic E-state index is 0.381. The molecule has 80 valence electrons. The highest BCUT2D eigenvalue weighted by Crippen LogP contribution is 2.33. The lowest BCUT2D eigenvalue weighted by atomic mass is 10.0. The Labute approximate surface area is 89.5 Å². The molecule has 3 heteroatoms. The molecule has 2 rings (SSSR count). The maximum absolute atomic E-state index is 11.2. The molecule has 1 aliphatic rings. The first-order valence-corrected chi connectivity index (χ1v) is 5.35. The minimum atomic E-state index is -0.381. The normalized spacial score (nSPS) is 15.2. The molecule has 4 N–H and O–H groups in total. The second kappa shape index (κ2) is 3.93. The lowest BCUT2D eigenvalue weighted by Gasteiger charge is -2.07. The number of hydrogen-bond acceptors (Lipinski definition) is 2. The van der Waals surface area contributed by atoms with Gasteiger partial charge in [-0.05, 0) is 36.5 Å². The number of carbonyl (C=O) groups is 1. The van der Waals surface area contributed by atoms with Crippen LogP contribution in [-0.2, 0) is 6.42 Å². The number of anilines is 1. The van der Waals surface area contributed by atoms with Crippen molar-refractivity contribution < 1.29 is 4.79 Å². The van der Waals surface area contributed by atoms with E-state index in [1.165, 1.54) is 12.8 Å². The van der Waals surface area contributed by atoms with Gasteiger partial charge in [-0.2, -0.15) is 0 Å². The fourth-order valence-corrected chi connectivity index (χ4v) is 1.81. The van der Waals surface area contributed by atoms with E-state index in [0.717, 1.165) is 24.3 Å². The van der Waals surface area contributed by atoms with Crippen LogP contribution in [0.1, 0.15) is 35.2 Å². The van der Waals surface area contributed by atoms with Gasteiger partial charge in [0.1, 0.15) is 0 Å². The van der Waals surface area contributed by atoms with Crippen molar-refractivity contribution in [1.29, 1.82) is 0 Å². The van der Waals surface area contributed by atoms with E-state index in [1.54, 1.807) is 6.07 Å². The third-order valence-electron chi connectivity index (χ3n) is 2.92. The molecule has 0 radical (unpaired) electrons. The van der Waals surface area contributed by atoms with E-state index in [1.807, 2.05) is 12.1 Å². The average molecular weight is 204 g/mol. The van der Waals surface area contributed by atoms with Crippen LogP contribution in [0.2, 0.25) is 0 Å². The second-order valence-electron chi connectivity index (χ2n) is 4.26. The smallest absolute Gasteiger partial charge is 0.249 e. The standard InChI is InChI=1S/C12H16N2O/c13-10-6-5-9(4-3-8-1-2-8)11(7-10)12(14)15/h5-8H,1-4,13H2,(H2,14,15). The van der Waals surface area contributed by atoms with E-state index in [-0.39, 0.29) is 5.91 Å². The van der Waals surface area contributed by atoms with Gasteiger partial charge in [-0.15, -0.1) is 0 Å². The van der Waals surface area contributed by atoms with Gasteiger partial charge in [0, 0.05) is 11.3 Å². The Balaban J connectivity index is 2.15. The third-order valence-corrected chi connectivity index (χ3v) is 2.92. The van der Waals surface area contributed by atoms with Crippen molar-refractivity contribution in [2.24, 2.45) is 11.7 Å². The van der Waals surface area contributed by atoms with Gasteiger partial charge in [-0.25, -0.2) is 0 Å². The zero-order chi connectivity index (χ0) is 10.8. The van der Waals surface area contributed by atoms with Gasteiger partial charge < -0.3 is 11.5 Å². The van der Waals surface area contributed by atoms with Gasteiger partial charge in [0.05, 0.1) is 0 Å². The summed E-state index contributed by atoms with van der Waals surface area (Å²) in [5, 5.41) is 0. The molecule has 0 heterocycles. The molecule has 0 saturated heterocycles. The van der Waals surface area contributed by atoms with Crippen LogP contribution in [0.3, 0.4) is 0 Å². The van der Waals surface area contributed by atoms with E-state index in [4.69, 9.17) is 11.5 Å². The number of hydrogen-bond donors (Lipinski definition) is 2. The maximum atomic E-state index is 11.2. The molecule has 0 atom stereocenters. The summed E-state index contributed by atoms with van der Waals surface area (Å²) in [5.74, 6) is 0.483. The van der Waals surface area contributed by atoms with Crippen LogP contribution in [0.15, 0.2) is 18.2 Å². The number of amides is 1. The van der Waals surface area contributed by atoms with Crippen LogP contribution < -0.4 is 11.5 Å². The van der Waals surface area contributed by atoms with Gasteiger partial charge in [-0.1, -0.05) is 18.9 Å². The summed E-state index contributed by atoms with van der Waals surface area (Å²) in [6, 6.07) is 5.41. The van der Waals surface area contributed by atoms with Crippen molar-refractivity contribution in [3.05, 3.63) is 29.3 Å². The summed E-state index contributed by atoms with van der Waals surface area (Å²) in [6.45, 7) is 0. The van der Waals surface area contributed by atoms with Crippen LogP contribution in [0.4, 0.5) is 5.69 Å². The van der Waals surface area contributed by atoms with E-state index >= 15 is 0 Å². The number of primary amides is 1. The highest BCUT2D eigenvalue weighted by Gasteiger charge is 2.21. The number of benzene rings is 1. The molecule has 0 bridgehead atoms. The summed E-state index contributed by atoms with van der Waals surface area (Å²) in [5.41, 5.74) is 13.1. The molecule has 1 amide bonds. The zero-order valence-electron chi connectivity index (χ0n) is 8.70. The van der Waals surface area contributed by atoms with Gasteiger partial charge in [-0.3, -0.25) is 4.79 Å².